The molecule has 2 aliphatic heterocycles. The van der Waals surface area contributed by atoms with E-state index in [0.717, 1.165) is 70.6 Å². The Morgan fingerprint density at radius 3 is 2.51 bits per heavy atom. The monoisotopic (exact) mass is 591 g/mol. The third kappa shape index (κ3) is 4.86. The number of anilines is 4. The van der Waals surface area contributed by atoms with Crippen molar-refractivity contribution in [2.75, 3.05) is 54.8 Å². The average Bonchev–Trinajstić information content (AvgIpc) is 3.88. The normalized spacial score (nSPS) is 20.3. The summed E-state index contributed by atoms with van der Waals surface area (Å²) in [6.07, 6.45) is 5.10. The fourth-order valence-corrected chi connectivity index (χ4v) is 5.92. The van der Waals surface area contributed by atoms with E-state index in [1.54, 1.807) is 12.1 Å². The number of hydrogen-bond donors (Lipinski definition) is 2. The topological polar surface area (TPSA) is 142 Å². The Morgan fingerprint density at radius 2 is 1.85 bits per heavy atom. The largest absolute Gasteiger partial charge is 0.368 e. The van der Waals surface area contributed by atoms with Gasteiger partial charge in [0.1, 0.15) is 10.9 Å². The number of piperazine rings is 1. The number of halogens is 2. The quantitative estimate of drug-likeness (QED) is 0.394. The summed E-state index contributed by atoms with van der Waals surface area (Å²) in [4.78, 5) is 27.2. The van der Waals surface area contributed by atoms with Gasteiger partial charge in [0, 0.05) is 51.4 Å². The zero-order valence-electron chi connectivity index (χ0n) is 22.1. The van der Waals surface area contributed by atoms with Gasteiger partial charge in [-0.2, -0.15) is 20.0 Å². The zero-order valence-corrected chi connectivity index (χ0v) is 23.7. The van der Waals surface area contributed by atoms with Gasteiger partial charge in [-0.3, -0.25) is 9.69 Å². The van der Waals surface area contributed by atoms with Crippen molar-refractivity contribution in [2.45, 2.75) is 42.6 Å². The Bertz CT molecular complexity index is 1620. The molecule has 41 heavy (non-hydrogen) atoms. The van der Waals surface area contributed by atoms with E-state index in [-0.39, 0.29) is 17.5 Å². The van der Waals surface area contributed by atoms with Crippen LogP contribution in [0.3, 0.4) is 0 Å². The van der Waals surface area contributed by atoms with Crippen LogP contribution in [-0.2, 0) is 4.79 Å². The molecule has 2 saturated carbocycles. The van der Waals surface area contributed by atoms with E-state index >= 15 is 0 Å². The number of carbonyl (C=O) groups excluding carboxylic acids is 1. The molecule has 12 nitrogen and oxygen atoms in total. The van der Waals surface area contributed by atoms with Crippen molar-refractivity contribution in [3.63, 3.8) is 0 Å². The molecule has 2 aliphatic carbocycles. The van der Waals surface area contributed by atoms with Gasteiger partial charge in [0.2, 0.25) is 11.9 Å². The maximum atomic E-state index is 12.5. The third-order valence-corrected chi connectivity index (χ3v) is 9.15. The first-order valence-electron chi connectivity index (χ1n) is 13.8. The lowest BCUT2D eigenvalue weighted by molar-refractivity contribution is -0.139. The van der Waals surface area contributed by atoms with Crippen LogP contribution in [0.2, 0.25) is 5.02 Å². The molecule has 4 aliphatic rings. The number of alkyl halides is 1. The predicted molar refractivity (Wildman–Crippen MR) is 154 cm³/mol. The predicted octanol–water partition coefficient (Wildman–Crippen LogP) is 2.94. The van der Waals surface area contributed by atoms with E-state index in [4.69, 9.17) is 23.2 Å². The second-order valence-electron chi connectivity index (χ2n) is 11.1. The summed E-state index contributed by atoms with van der Waals surface area (Å²) in [6.45, 7) is 4.55. The minimum atomic E-state index is -0.638. The summed E-state index contributed by atoms with van der Waals surface area (Å²) in [7, 11) is 0. The van der Waals surface area contributed by atoms with Gasteiger partial charge >= 0.3 is 0 Å². The summed E-state index contributed by atoms with van der Waals surface area (Å²) >= 11 is 13.2. The van der Waals surface area contributed by atoms with Crippen LogP contribution < -0.4 is 15.5 Å². The Labute approximate surface area is 246 Å². The molecule has 4 fully saturated rings. The van der Waals surface area contributed by atoms with Gasteiger partial charge in [-0.15, -0.1) is 16.7 Å². The van der Waals surface area contributed by atoms with Gasteiger partial charge in [-0.25, -0.2) is 4.98 Å². The summed E-state index contributed by atoms with van der Waals surface area (Å²) in [6, 6.07) is 8.47. The fourth-order valence-electron chi connectivity index (χ4n) is 5.43. The number of carbonyl (C=O) groups is 1. The van der Waals surface area contributed by atoms with Crippen molar-refractivity contribution >= 4 is 57.9 Å². The third-order valence-electron chi connectivity index (χ3n) is 8.22. The number of amides is 1. The average molecular weight is 592 g/mol. The summed E-state index contributed by atoms with van der Waals surface area (Å²) < 4.78 is 1.45. The van der Waals surface area contributed by atoms with E-state index in [1.807, 2.05) is 4.90 Å². The minimum absolute atomic E-state index is 0.0737. The van der Waals surface area contributed by atoms with E-state index in [9.17, 15) is 15.3 Å². The molecule has 7 rings (SSSR count). The number of likely N-dealkylation sites (tertiary alicyclic amines) is 1. The van der Waals surface area contributed by atoms with Crippen molar-refractivity contribution in [2.24, 2.45) is 0 Å². The number of fused-ring (bicyclic) bond motifs is 1. The van der Waals surface area contributed by atoms with Crippen molar-refractivity contribution in [1.82, 2.24) is 29.4 Å². The smallest absolute Gasteiger partial charge is 0.247 e. The Balaban J connectivity index is 1.08. The molecule has 0 unspecified atom stereocenters. The van der Waals surface area contributed by atoms with Crippen LogP contribution in [0.5, 0.6) is 0 Å². The number of hydrogen-bond acceptors (Lipinski definition) is 10. The van der Waals surface area contributed by atoms with Gasteiger partial charge in [0.05, 0.1) is 34.2 Å². The standard InChI is InChI=1S/C27H27Cl2N11O/c28-22-20(34-26-35-23(33-17-1-2-17)24-32-13-18(12-31)40(24)36-26)9-16(11-30)10-21(22)38-7-5-37(6-8-38)19-14-39(15-19)25(41)27(29)3-4-27/h9-10,13,17,19H,1-8,14-15H2,(H2,33,34,35,36). The molecular weight excluding hydrogens is 565 g/mol. The number of rotatable bonds is 7. The van der Waals surface area contributed by atoms with E-state index in [1.165, 1.54) is 10.7 Å². The van der Waals surface area contributed by atoms with Crippen molar-refractivity contribution in [3.05, 3.63) is 34.6 Å². The SMILES string of the molecule is N#Cc1cc(Nc2nc(NC3CC3)c3ncc(C#N)n3n2)c(Cl)c(N2CCN(C3CN(C(=O)C4(Cl)CC4)C3)CC2)c1. The Morgan fingerprint density at radius 1 is 1.10 bits per heavy atom. The lowest BCUT2D eigenvalue weighted by atomic mass is 10.0. The van der Waals surface area contributed by atoms with Crippen LogP contribution in [0.25, 0.3) is 5.65 Å². The van der Waals surface area contributed by atoms with Crippen LogP contribution in [-0.4, -0.2) is 91.5 Å². The first-order valence-corrected chi connectivity index (χ1v) is 14.5. The number of nitrogens with one attached hydrogen (secondary N) is 2. The summed E-state index contributed by atoms with van der Waals surface area (Å²) in [5.41, 5.74) is 2.47. The van der Waals surface area contributed by atoms with E-state index in [0.29, 0.717) is 39.8 Å². The van der Waals surface area contributed by atoms with Gasteiger partial charge in [-0.05, 0) is 37.8 Å². The Hall–Kier alpha value is -3.84. The van der Waals surface area contributed by atoms with Crippen molar-refractivity contribution in [1.29, 1.82) is 10.5 Å². The van der Waals surface area contributed by atoms with Gasteiger partial charge in [0.15, 0.2) is 17.2 Å². The van der Waals surface area contributed by atoms with Gasteiger partial charge < -0.3 is 20.4 Å². The van der Waals surface area contributed by atoms with E-state index in [2.05, 4.69) is 47.6 Å². The highest BCUT2D eigenvalue weighted by atomic mass is 35.5. The number of nitriles is 2. The lowest BCUT2D eigenvalue weighted by Crippen LogP contribution is -2.65. The molecule has 14 heteroatoms. The molecule has 0 radical (unpaired) electrons. The number of benzene rings is 1. The van der Waals surface area contributed by atoms with Gasteiger partial charge in [0.25, 0.3) is 0 Å². The van der Waals surface area contributed by atoms with Crippen LogP contribution in [0.4, 0.5) is 23.1 Å². The molecule has 1 aromatic carbocycles. The fraction of sp³-hybridized carbons (Fsp3) is 0.481. The molecule has 4 heterocycles. The first-order chi connectivity index (χ1) is 19.8. The highest BCUT2D eigenvalue weighted by Gasteiger charge is 2.52. The maximum Gasteiger partial charge on any atom is 0.247 e. The maximum absolute atomic E-state index is 12.5. The lowest BCUT2D eigenvalue weighted by Gasteiger charge is -2.49. The number of aromatic nitrogens is 4. The van der Waals surface area contributed by atoms with Crippen LogP contribution in [0.15, 0.2) is 18.3 Å². The molecule has 3 aromatic rings. The van der Waals surface area contributed by atoms with Crippen LogP contribution in [0.1, 0.15) is 36.9 Å². The van der Waals surface area contributed by atoms with Crippen LogP contribution in [0, 0.1) is 22.7 Å². The minimum Gasteiger partial charge on any atom is -0.368 e. The highest BCUT2D eigenvalue weighted by Crippen LogP contribution is 2.45. The molecule has 1 amide bonds. The molecule has 2 saturated heterocycles. The second kappa shape index (κ2) is 9.91. The molecular formula is C27H27Cl2N11O. The summed E-state index contributed by atoms with van der Waals surface area (Å²) in [5, 5.41) is 30.8. The molecule has 2 N–H and O–H groups in total. The molecule has 0 bridgehead atoms. The first kappa shape index (κ1) is 26.1. The van der Waals surface area contributed by atoms with Crippen molar-refractivity contribution in [3.8, 4) is 12.1 Å². The second-order valence-corrected chi connectivity index (χ2v) is 12.2. The van der Waals surface area contributed by atoms with E-state index < -0.39 is 4.87 Å². The Kier molecular flexibility index (Phi) is 6.31. The van der Waals surface area contributed by atoms with Crippen LogP contribution >= 0.6 is 23.2 Å². The molecule has 2 aromatic heterocycles. The molecule has 0 atom stereocenters. The van der Waals surface area contributed by atoms with Gasteiger partial charge in [-0.1, -0.05) is 11.6 Å². The zero-order chi connectivity index (χ0) is 28.3. The highest BCUT2D eigenvalue weighted by molar-refractivity contribution is 6.37. The number of nitrogens with zero attached hydrogens (tertiary/aromatic N) is 9. The van der Waals surface area contributed by atoms with Crippen molar-refractivity contribution < 1.29 is 4.79 Å². The number of imidazole rings is 1. The molecule has 0 spiro atoms. The molecule has 210 valence electrons. The summed E-state index contributed by atoms with van der Waals surface area (Å²) in [5.74, 6) is 0.839.